The second kappa shape index (κ2) is 9.11. The molecule has 5 rings (SSSR count). The van der Waals surface area contributed by atoms with Crippen molar-refractivity contribution in [3.63, 3.8) is 0 Å². The zero-order valence-corrected chi connectivity index (χ0v) is 19.5. The molecule has 170 valence electrons. The first kappa shape index (κ1) is 21.9. The van der Waals surface area contributed by atoms with E-state index in [0.717, 1.165) is 33.7 Å². The lowest BCUT2D eigenvalue weighted by Crippen LogP contribution is -2.23. The number of amides is 1. The number of rotatable bonds is 6. The van der Waals surface area contributed by atoms with Crippen molar-refractivity contribution in [1.82, 2.24) is 25.2 Å². The molecule has 0 aliphatic heterocycles. The Hall–Kier alpha value is -3.97. The van der Waals surface area contributed by atoms with Crippen molar-refractivity contribution in [3.05, 3.63) is 100 Å². The molecule has 7 nitrogen and oxygen atoms in total. The molecule has 3 aromatic heterocycles. The molecule has 34 heavy (non-hydrogen) atoms. The average molecular weight is 472 g/mol. The molecular formula is C26H22ClN5O2. The lowest BCUT2D eigenvalue weighted by molar-refractivity contribution is 0.0951. The highest BCUT2D eigenvalue weighted by molar-refractivity contribution is 6.38. The summed E-state index contributed by atoms with van der Waals surface area (Å²) in [5, 5.41) is 12.3. The van der Waals surface area contributed by atoms with Crippen LogP contribution in [0.5, 0.6) is 0 Å². The van der Waals surface area contributed by atoms with Crippen molar-refractivity contribution in [2.75, 3.05) is 0 Å². The predicted octanol–water partition coefficient (Wildman–Crippen LogP) is 5.33. The van der Waals surface area contributed by atoms with Crippen LogP contribution in [0.15, 0.2) is 71.5 Å². The van der Waals surface area contributed by atoms with Gasteiger partial charge in [0.2, 0.25) is 0 Å². The highest BCUT2D eigenvalue weighted by Crippen LogP contribution is 2.28. The van der Waals surface area contributed by atoms with Crippen molar-refractivity contribution in [3.8, 4) is 11.1 Å². The number of aromatic nitrogens is 4. The van der Waals surface area contributed by atoms with Crippen molar-refractivity contribution >= 4 is 28.5 Å². The fourth-order valence-electron chi connectivity index (χ4n) is 3.99. The predicted molar refractivity (Wildman–Crippen MR) is 131 cm³/mol. The monoisotopic (exact) mass is 471 g/mol. The first-order chi connectivity index (χ1) is 16.5. The molecule has 0 aliphatic carbocycles. The SMILES string of the molecule is Cc1noc(C)c1-c1ccc(CNC(=O)c2cnc3c(cnn3Cc3ccccc3)c2Cl)cc1. The number of fused-ring (bicyclic) bond motifs is 1. The Kier molecular flexibility index (Phi) is 5.86. The molecule has 1 N–H and O–H groups in total. The molecule has 0 unspecified atom stereocenters. The van der Waals surface area contributed by atoms with Crippen molar-refractivity contribution in [2.24, 2.45) is 0 Å². The van der Waals surface area contributed by atoms with Gasteiger partial charge in [-0.2, -0.15) is 5.10 Å². The van der Waals surface area contributed by atoms with Gasteiger partial charge in [-0.05, 0) is 30.5 Å². The maximum absolute atomic E-state index is 12.8. The van der Waals surface area contributed by atoms with Gasteiger partial charge in [0.05, 0.1) is 34.4 Å². The van der Waals surface area contributed by atoms with Gasteiger partial charge >= 0.3 is 0 Å². The van der Waals surface area contributed by atoms with Crippen LogP contribution < -0.4 is 5.32 Å². The molecule has 0 saturated heterocycles. The number of carbonyl (C=O) groups is 1. The third-order valence-electron chi connectivity index (χ3n) is 5.75. The summed E-state index contributed by atoms with van der Waals surface area (Å²) in [7, 11) is 0. The van der Waals surface area contributed by atoms with Crippen LogP contribution in [-0.4, -0.2) is 25.8 Å². The molecule has 1 amide bonds. The summed E-state index contributed by atoms with van der Waals surface area (Å²) in [5.41, 5.74) is 5.90. The Bertz CT molecular complexity index is 1450. The van der Waals surface area contributed by atoms with E-state index in [-0.39, 0.29) is 5.91 Å². The molecule has 3 heterocycles. The number of nitrogens with one attached hydrogen (secondary N) is 1. The van der Waals surface area contributed by atoms with Gasteiger partial charge in [-0.3, -0.25) is 4.79 Å². The molecule has 8 heteroatoms. The first-order valence-electron chi connectivity index (χ1n) is 10.9. The van der Waals surface area contributed by atoms with Crippen LogP contribution in [0, 0.1) is 13.8 Å². The smallest absolute Gasteiger partial charge is 0.254 e. The first-order valence-corrected chi connectivity index (χ1v) is 11.2. The van der Waals surface area contributed by atoms with Crippen LogP contribution >= 0.6 is 11.6 Å². The molecule has 0 radical (unpaired) electrons. The van der Waals surface area contributed by atoms with Crippen LogP contribution in [0.1, 0.15) is 32.9 Å². The molecular weight excluding hydrogens is 450 g/mol. The van der Waals surface area contributed by atoms with E-state index < -0.39 is 0 Å². The number of pyridine rings is 1. The molecule has 2 aromatic carbocycles. The molecule has 0 atom stereocenters. The molecule has 0 aliphatic rings. The Labute approximate surface area is 201 Å². The minimum atomic E-state index is -0.287. The quantitative estimate of drug-likeness (QED) is 0.361. The minimum Gasteiger partial charge on any atom is -0.361 e. The standard InChI is InChI=1S/C26H22ClN5O2/c1-16-23(17(2)34-31-16)20-10-8-18(9-11-20)12-29-26(33)22-13-28-25-21(24(22)27)14-30-32(25)15-19-6-4-3-5-7-19/h3-11,13-14H,12,15H2,1-2H3,(H,29,33). The van der Waals surface area contributed by atoms with Gasteiger partial charge in [0.1, 0.15) is 5.76 Å². The van der Waals surface area contributed by atoms with Crippen LogP contribution in [0.25, 0.3) is 22.2 Å². The zero-order valence-electron chi connectivity index (χ0n) is 18.7. The summed E-state index contributed by atoms with van der Waals surface area (Å²) >= 11 is 6.57. The largest absolute Gasteiger partial charge is 0.361 e. The highest BCUT2D eigenvalue weighted by Gasteiger charge is 2.17. The van der Waals surface area contributed by atoms with Gasteiger partial charge < -0.3 is 9.84 Å². The van der Waals surface area contributed by atoms with E-state index in [9.17, 15) is 4.79 Å². The van der Waals surface area contributed by atoms with Crippen molar-refractivity contribution < 1.29 is 9.32 Å². The second-order valence-electron chi connectivity index (χ2n) is 8.09. The minimum absolute atomic E-state index is 0.287. The van der Waals surface area contributed by atoms with E-state index in [0.29, 0.717) is 34.7 Å². The van der Waals surface area contributed by atoms with E-state index in [2.05, 4.69) is 20.6 Å². The summed E-state index contributed by atoms with van der Waals surface area (Å²) < 4.78 is 7.03. The number of hydrogen-bond donors (Lipinski definition) is 1. The number of hydrogen-bond acceptors (Lipinski definition) is 5. The summed E-state index contributed by atoms with van der Waals surface area (Å²) in [6.45, 7) is 4.74. The summed E-state index contributed by atoms with van der Waals surface area (Å²) in [5.74, 6) is 0.494. The number of aryl methyl sites for hydroxylation is 2. The zero-order chi connectivity index (χ0) is 23.7. The van der Waals surface area contributed by atoms with Crippen LogP contribution in [-0.2, 0) is 13.1 Å². The topological polar surface area (TPSA) is 85.8 Å². The lowest BCUT2D eigenvalue weighted by Gasteiger charge is -2.09. The summed E-state index contributed by atoms with van der Waals surface area (Å²) in [6, 6.07) is 17.9. The Morgan fingerprint density at radius 2 is 1.79 bits per heavy atom. The van der Waals surface area contributed by atoms with E-state index >= 15 is 0 Å². The fourth-order valence-corrected chi connectivity index (χ4v) is 4.26. The fraction of sp³-hybridized carbons (Fsp3) is 0.154. The Morgan fingerprint density at radius 1 is 1.03 bits per heavy atom. The van der Waals surface area contributed by atoms with E-state index in [1.807, 2.05) is 68.4 Å². The maximum atomic E-state index is 12.8. The van der Waals surface area contributed by atoms with Crippen molar-refractivity contribution in [2.45, 2.75) is 26.9 Å². The average Bonchev–Trinajstić information content (AvgIpc) is 3.41. The Balaban J connectivity index is 1.29. The Morgan fingerprint density at radius 3 is 2.50 bits per heavy atom. The third kappa shape index (κ3) is 4.18. The number of nitrogens with zero attached hydrogens (tertiary/aromatic N) is 4. The van der Waals surface area contributed by atoms with Gasteiger partial charge in [0.25, 0.3) is 5.91 Å². The van der Waals surface area contributed by atoms with E-state index in [4.69, 9.17) is 16.1 Å². The number of benzene rings is 2. The molecule has 0 spiro atoms. The third-order valence-corrected chi connectivity index (χ3v) is 6.16. The lowest BCUT2D eigenvalue weighted by atomic mass is 10.0. The summed E-state index contributed by atoms with van der Waals surface area (Å²) in [6.07, 6.45) is 3.15. The highest BCUT2D eigenvalue weighted by atomic mass is 35.5. The van der Waals surface area contributed by atoms with Crippen LogP contribution in [0.3, 0.4) is 0 Å². The normalized spacial score (nSPS) is 11.1. The van der Waals surface area contributed by atoms with E-state index in [1.165, 1.54) is 6.20 Å². The van der Waals surface area contributed by atoms with Gasteiger partial charge in [0.15, 0.2) is 5.65 Å². The number of carbonyl (C=O) groups excluding carboxylic acids is 1. The van der Waals surface area contributed by atoms with Crippen LogP contribution in [0.2, 0.25) is 5.02 Å². The maximum Gasteiger partial charge on any atom is 0.254 e. The summed E-state index contributed by atoms with van der Waals surface area (Å²) in [4.78, 5) is 17.3. The number of halogens is 1. The molecule has 0 saturated carbocycles. The molecule has 0 fully saturated rings. The van der Waals surface area contributed by atoms with Gasteiger partial charge in [-0.1, -0.05) is 71.4 Å². The molecule has 5 aromatic rings. The van der Waals surface area contributed by atoms with Crippen molar-refractivity contribution in [1.29, 1.82) is 0 Å². The van der Waals surface area contributed by atoms with Gasteiger partial charge in [-0.15, -0.1) is 0 Å². The van der Waals surface area contributed by atoms with E-state index in [1.54, 1.807) is 10.9 Å². The van der Waals surface area contributed by atoms with Gasteiger partial charge in [-0.25, -0.2) is 9.67 Å². The van der Waals surface area contributed by atoms with Gasteiger partial charge in [0, 0.05) is 18.3 Å². The second-order valence-corrected chi connectivity index (χ2v) is 8.47. The molecule has 0 bridgehead atoms. The van der Waals surface area contributed by atoms with Crippen LogP contribution in [0.4, 0.5) is 0 Å².